The molecule has 0 bridgehead atoms. The minimum Gasteiger partial charge on any atom is -0.329 e. The molecule has 0 aromatic rings. The summed E-state index contributed by atoms with van der Waals surface area (Å²) in [4.78, 5) is 9.16. The van der Waals surface area contributed by atoms with E-state index in [9.17, 15) is 0 Å². The minimum atomic E-state index is -0.741. The molecule has 0 radical (unpaired) electrons. The molecule has 0 saturated carbocycles. The average molecular weight is 162 g/mol. The maximum atomic E-state index is 5.26. The maximum absolute atomic E-state index is 5.26. The highest BCUT2D eigenvalue weighted by Crippen LogP contribution is 2.29. The number of hydrogen-bond donors (Lipinski definition) is 0. The molecule has 11 heavy (non-hydrogen) atoms. The quantitative estimate of drug-likeness (QED) is 0.340. The molecule has 1 aliphatic rings. The minimum absolute atomic E-state index is 0.653. The predicted molar refractivity (Wildman–Crippen MR) is 39.4 cm³/mol. The molecule has 0 amide bonds. The first-order chi connectivity index (χ1) is 4.91. The zero-order valence-corrected chi connectivity index (χ0v) is 7.59. The van der Waals surface area contributed by atoms with Crippen molar-refractivity contribution in [3.8, 4) is 0 Å². The molecule has 0 aliphatic carbocycles. The van der Waals surface area contributed by atoms with Crippen LogP contribution in [0.1, 0.15) is 6.92 Å². The van der Waals surface area contributed by atoms with Crippen molar-refractivity contribution in [1.29, 1.82) is 0 Å². The van der Waals surface area contributed by atoms with Crippen LogP contribution in [0, 0.1) is 0 Å². The van der Waals surface area contributed by atoms with Crippen molar-refractivity contribution in [2.45, 2.75) is 12.9 Å². The fourth-order valence-corrected chi connectivity index (χ4v) is 0.612. The Kier molecular flexibility index (Phi) is 2.20. The lowest BCUT2D eigenvalue weighted by atomic mass is 10.5. The second-order valence-electron chi connectivity index (χ2n) is 3.89. The van der Waals surface area contributed by atoms with Gasteiger partial charge in [-0.2, -0.15) is 9.78 Å². The van der Waals surface area contributed by atoms with E-state index >= 15 is 0 Å². The van der Waals surface area contributed by atoms with Crippen LogP contribution in [0.25, 0.3) is 0 Å². The molecule has 1 heterocycles. The monoisotopic (exact) mass is 162 g/mol. The number of rotatable bonds is 4. The van der Waals surface area contributed by atoms with E-state index in [0.717, 1.165) is 11.0 Å². The normalized spacial score (nSPS) is 21.8. The molecular formula is C7H16NO3+. The van der Waals surface area contributed by atoms with Crippen LogP contribution in [-0.4, -0.2) is 44.8 Å². The Labute approximate surface area is 67.2 Å². The largest absolute Gasteiger partial charge is 0.337 e. The van der Waals surface area contributed by atoms with Crippen LogP contribution in [0.15, 0.2) is 0 Å². The summed E-state index contributed by atoms with van der Waals surface area (Å²) in [5.74, 6) is -0.741. The maximum Gasteiger partial charge on any atom is 0.337 e. The number of ether oxygens (including phenoxy) is 1. The topological polar surface area (TPSA) is 34.3 Å². The van der Waals surface area contributed by atoms with Crippen LogP contribution in [0.5, 0.6) is 0 Å². The van der Waals surface area contributed by atoms with Gasteiger partial charge in [0.25, 0.3) is 0 Å². The summed E-state index contributed by atoms with van der Waals surface area (Å²) in [5, 5.41) is 0. The summed E-state index contributed by atoms with van der Waals surface area (Å²) >= 11 is 0. The van der Waals surface area contributed by atoms with Crippen molar-refractivity contribution >= 4 is 0 Å². The Hall–Kier alpha value is -0.160. The summed E-state index contributed by atoms with van der Waals surface area (Å²) in [7, 11) is 6.33. The SMILES string of the molecule is CC1(OCC[N+](C)(C)C)OO1. The third-order valence-corrected chi connectivity index (χ3v) is 1.44. The average Bonchev–Trinajstić information content (AvgIpc) is 2.44. The summed E-state index contributed by atoms with van der Waals surface area (Å²) in [6.45, 7) is 3.35. The van der Waals surface area contributed by atoms with Crippen molar-refractivity contribution < 1.29 is 19.0 Å². The summed E-state index contributed by atoms with van der Waals surface area (Å²) in [6, 6.07) is 0. The van der Waals surface area contributed by atoms with Crippen molar-refractivity contribution in [2.75, 3.05) is 34.3 Å². The Morgan fingerprint density at radius 2 is 1.82 bits per heavy atom. The lowest BCUT2D eigenvalue weighted by Gasteiger charge is -2.23. The second kappa shape index (κ2) is 2.71. The first-order valence-corrected chi connectivity index (χ1v) is 3.73. The Balaban J connectivity index is 2.05. The van der Waals surface area contributed by atoms with Gasteiger partial charge in [0.15, 0.2) is 0 Å². The summed E-state index contributed by atoms with van der Waals surface area (Å²) in [5.41, 5.74) is 0. The number of quaternary nitrogens is 1. The summed E-state index contributed by atoms with van der Waals surface area (Å²) < 4.78 is 6.14. The highest BCUT2D eigenvalue weighted by molar-refractivity contribution is 4.49. The molecular weight excluding hydrogens is 146 g/mol. The van der Waals surface area contributed by atoms with E-state index in [1.165, 1.54) is 0 Å². The van der Waals surface area contributed by atoms with Crippen molar-refractivity contribution in [3.63, 3.8) is 0 Å². The molecule has 1 saturated heterocycles. The van der Waals surface area contributed by atoms with Crippen LogP contribution in [0.4, 0.5) is 0 Å². The smallest absolute Gasteiger partial charge is 0.329 e. The molecule has 4 nitrogen and oxygen atoms in total. The van der Waals surface area contributed by atoms with Crippen molar-refractivity contribution in [3.05, 3.63) is 0 Å². The van der Waals surface area contributed by atoms with Crippen LogP contribution >= 0.6 is 0 Å². The van der Waals surface area contributed by atoms with Crippen LogP contribution in [-0.2, 0) is 14.5 Å². The molecule has 0 aromatic heterocycles. The molecule has 4 heteroatoms. The third kappa shape index (κ3) is 3.67. The molecule has 0 N–H and O–H groups in total. The Morgan fingerprint density at radius 3 is 2.18 bits per heavy atom. The zero-order valence-electron chi connectivity index (χ0n) is 7.59. The van der Waals surface area contributed by atoms with Crippen LogP contribution < -0.4 is 0 Å². The van der Waals surface area contributed by atoms with Gasteiger partial charge in [-0.1, -0.05) is 0 Å². The standard InChI is InChI=1S/C7H16NO3/c1-7(10-11-7)9-6-5-8(2,3)4/h5-6H2,1-4H3/q+1. The van der Waals surface area contributed by atoms with Gasteiger partial charge < -0.3 is 9.22 Å². The van der Waals surface area contributed by atoms with Gasteiger partial charge >= 0.3 is 5.97 Å². The van der Waals surface area contributed by atoms with Gasteiger partial charge in [0, 0.05) is 6.92 Å². The molecule has 0 atom stereocenters. The van der Waals surface area contributed by atoms with E-state index in [2.05, 4.69) is 30.9 Å². The molecule has 0 unspecified atom stereocenters. The number of likely N-dealkylation sites (N-methyl/N-ethyl adjacent to an activating group) is 1. The summed E-state index contributed by atoms with van der Waals surface area (Å²) in [6.07, 6.45) is 0. The third-order valence-electron chi connectivity index (χ3n) is 1.44. The lowest BCUT2D eigenvalue weighted by molar-refractivity contribution is -0.871. The van der Waals surface area contributed by atoms with Crippen LogP contribution in [0.3, 0.4) is 0 Å². The Morgan fingerprint density at radius 1 is 1.27 bits per heavy atom. The molecule has 0 spiro atoms. The van der Waals surface area contributed by atoms with E-state index in [1.807, 2.05) is 0 Å². The van der Waals surface area contributed by atoms with Crippen molar-refractivity contribution in [2.24, 2.45) is 0 Å². The van der Waals surface area contributed by atoms with E-state index in [-0.39, 0.29) is 0 Å². The van der Waals surface area contributed by atoms with E-state index in [0.29, 0.717) is 6.61 Å². The first-order valence-electron chi connectivity index (χ1n) is 3.73. The van der Waals surface area contributed by atoms with Crippen LogP contribution in [0.2, 0.25) is 0 Å². The molecule has 1 fully saturated rings. The molecule has 1 rings (SSSR count). The van der Waals surface area contributed by atoms with Crippen molar-refractivity contribution in [1.82, 2.24) is 0 Å². The number of hydrogen-bond acceptors (Lipinski definition) is 3. The Bertz CT molecular complexity index is 132. The number of nitrogens with zero attached hydrogens (tertiary/aromatic N) is 1. The second-order valence-corrected chi connectivity index (χ2v) is 3.89. The highest BCUT2D eigenvalue weighted by Gasteiger charge is 2.45. The molecule has 0 aromatic carbocycles. The van der Waals surface area contributed by atoms with E-state index in [1.54, 1.807) is 6.92 Å². The molecule has 1 aliphatic heterocycles. The fourth-order valence-electron chi connectivity index (χ4n) is 0.612. The van der Waals surface area contributed by atoms with Gasteiger partial charge in [0.2, 0.25) is 0 Å². The van der Waals surface area contributed by atoms with E-state index < -0.39 is 5.97 Å². The highest BCUT2D eigenvalue weighted by atomic mass is 17.4. The van der Waals surface area contributed by atoms with Gasteiger partial charge in [-0.3, -0.25) is 0 Å². The predicted octanol–water partition coefficient (Wildman–Crippen LogP) is 0.345. The zero-order chi connectivity index (χ0) is 8.54. The van der Waals surface area contributed by atoms with Gasteiger partial charge in [0.05, 0.1) is 21.1 Å². The molecule has 66 valence electrons. The van der Waals surface area contributed by atoms with Gasteiger partial charge in [-0.15, -0.1) is 0 Å². The first kappa shape index (κ1) is 8.93. The lowest BCUT2D eigenvalue weighted by Crippen LogP contribution is -2.38. The van der Waals surface area contributed by atoms with Gasteiger partial charge in [0.1, 0.15) is 13.2 Å². The van der Waals surface area contributed by atoms with E-state index in [4.69, 9.17) is 4.74 Å². The van der Waals surface area contributed by atoms with Gasteiger partial charge in [-0.05, 0) is 0 Å². The van der Waals surface area contributed by atoms with Gasteiger partial charge in [-0.25, -0.2) is 0 Å². The fraction of sp³-hybridized carbons (Fsp3) is 1.00.